The van der Waals surface area contributed by atoms with Crippen molar-refractivity contribution in [3.8, 4) is 11.8 Å². The van der Waals surface area contributed by atoms with Gasteiger partial charge >= 0.3 is 0 Å². The summed E-state index contributed by atoms with van der Waals surface area (Å²) in [6.45, 7) is 1.84. The van der Waals surface area contributed by atoms with Crippen molar-refractivity contribution in [2.75, 3.05) is 12.4 Å². The number of amides is 1. The number of benzene rings is 3. The predicted molar refractivity (Wildman–Crippen MR) is 104 cm³/mol. The minimum absolute atomic E-state index is 0.163. The fourth-order valence-corrected chi connectivity index (χ4v) is 2.94. The van der Waals surface area contributed by atoms with E-state index in [9.17, 15) is 4.79 Å². The van der Waals surface area contributed by atoms with Gasteiger partial charge in [-0.2, -0.15) is 5.26 Å². The standard InChI is InChI=1S/C21H17ClN2O2/c1-13(21(25)24-20-8-3-14(12-23)9-19(20)22)15-4-5-17-11-18(26-2)7-6-16(17)10-15/h3-11,13H,1-2H3,(H,24,25)/t13-/m1/s1. The van der Waals surface area contributed by atoms with E-state index < -0.39 is 0 Å². The Labute approximate surface area is 157 Å². The molecule has 0 spiro atoms. The number of hydrogen-bond donors (Lipinski definition) is 1. The van der Waals surface area contributed by atoms with E-state index in [-0.39, 0.29) is 11.8 Å². The van der Waals surface area contributed by atoms with E-state index in [2.05, 4.69) is 5.32 Å². The number of nitrogens with zero attached hydrogens (tertiary/aromatic N) is 1. The molecule has 0 heterocycles. The second-order valence-corrected chi connectivity index (χ2v) is 6.40. The molecule has 0 saturated carbocycles. The van der Waals surface area contributed by atoms with Gasteiger partial charge in [-0.15, -0.1) is 0 Å². The van der Waals surface area contributed by atoms with Crippen LogP contribution >= 0.6 is 11.6 Å². The Morgan fingerprint density at radius 2 is 1.85 bits per heavy atom. The van der Waals surface area contributed by atoms with Crippen molar-refractivity contribution < 1.29 is 9.53 Å². The lowest BCUT2D eigenvalue weighted by Gasteiger charge is -2.14. The normalized spacial score (nSPS) is 11.6. The molecule has 0 radical (unpaired) electrons. The first-order chi connectivity index (χ1) is 12.5. The summed E-state index contributed by atoms with van der Waals surface area (Å²) in [5.74, 6) is 0.282. The van der Waals surface area contributed by atoms with Crippen molar-refractivity contribution in [2.45, 2.75) is 12.8 Å². The lowest BCUT2D eigenvalue weighted by Crippen LogP contribution is -2.19. The van der Waals surface area contributed by atoms with Gasteiger partial charge in [-0.1, -0.05) is 35.9 Å². The number of fused-ring (bicyclic) bond motifs is 1. The van der Waals surface area contributed by atoms with Gasteiger partial charge in [0.2, 0.25) is 5.91 Å². The summed E-state index contributed by atoms with van der Waals surface area (Å²) in [6.07, 6.45) is 0. The van der Waals surface area contributed by atoms with E-state index >= 15 is 0 Å². The van der Waals surface area contributed by atoms with Gasteiger partial charge in [0.05, 0.1) is 35.4 Å². The molecule has 0 saturated heterocycles. The molecule has 0 aliphatic carbocycles. The Morgan fingerprint density at radius 3 is 2.54 bits per heavy atom. The first-order valence-electron chi connectivity index (χ1n) is 8.10. The number of carbonyl (C=O) groups is 1. The molecule has 0 unspecified atom stereocenters. The number of carbonyl (C=O) groups excluding carboxylic acids is 1. The highest BCUT2D eigenvalue weighted by Crippen LogP contribution is 2.27. The van der Waals surface area contributed by atoms with Crippen LogP contribution in [-0.2, 0) is 4.79 Å². The van der Waals surface area contributed by atoms with Crippen LogP contribution in [0.3, 0.4) is 0 Å². The van der Waals surface area contributed by atoms with Gasteiger partial charge in [0.25, 0.3) is 0 Å². The Balaban J connectivity index is 1.82. The number of ether oxygens (including phenoxy) is 1. The van der Waals surface area contributed by atoms with Gasteiger partial charge in [-0.25, -0.2) is 0 Å². The van der Waals surface area contributed by atoms with Gasteiger partial charge in [0, 0.05) is 0 Å². The molecule has 5 heteroatoms. The number of anilines is 1. The molecular weight excluding hydrogens is 348 g/mol. The average Bonchev–Trinajstić information content (AvgIpc) is 2.67. The lowest BCUT2D eigenvalue weighted by molar-refractivity contribution is -0.117. The van der Waals surface area contributed by atoms with Crippen LogP contribution in [0.15, 0.2) is 54.6 Å². The summed E-state index contributed by atoms with van der Waals surface area (Å²) in [5, 5.41) is 14.1. The summed E-state index contributed by atoms with van der Waals surface area (Å²) in [4.78, 5) is 12.6. The van der Waals surface area contributed by atoms with Crippen LogP contribution in [0.5, 0.6) is 5.75 Å². The van der Waals surface area contributed by atoms with Crippen molar-refractivity contribution in [1.29, 1.82) is 5.26 Å². The Bertz CT molecular complexity index is 1020. The number of methoxy groups -OCH3 is 1. The van der Waals surface area contributed by atoms with Crippen molar-refractivity contribution in [3.05, 3.63) is 70.7 Å². The van der Waals surface area contributed by atoms with Gasteiger partial charge in [0.15, 0.2) is 0 Å². The van der Waals surface area contributed by atoms with E-state index in [4.69, 9.17) is 21.6 Å². The quantitative estimate of drug-likeness (QED) is 0.699. The zero-order chi connectivity index (χ0) is 18.7. The van der Waals surface area contributed by atoms with Gasteiger partial charge in [0.1, 0.15) is 5.75 Å². The number of hydrogen-bond acceptors (Lipinski definition) is 3. The SMILES string of the molecule is COc1ccc2cc([C@@H](C)C(=O)Nc3ccc(C#N)cc3Cl)ccc2c1. The molecule has 3 aromatic rings. The third-order valence-corrected chi connectivity index (χ3v) is 4.63. The Hall–Kier alpha value is -3.03. The summed E-state index contributed by atoms with van der Waals surface area (Å²) in [6, 6.07) is 18.5. The fraction of sp³-hybridized carbons (Fsp3) is 0.143. The average molecular weight is 365 g/mol. The van der Waals surface area contributed by atoms with Crippen LogP contribution in [0.4, 0.5) is 5.69 Å². The Morgan fingerprint density at radius 1 is 1.12 bits per heavy atom. The summed E-state index contributed by atoms with van der Waals surface area (Å²) >= 11 is 6.13. The Kier molecular flexibility index (Phi) is 5.11. The number of halogens is 1. The highest BCUT2D eigenvalue weighted by Gasteiger charge is 2.17. The molecule has 3 aromatic carbocycles. The number of nitrogens with one attached hydrogen (secondary N) is 1. The molecule has 0 aliphatic heterocycles. The van der Waals surface area contributed by atoms with Crippen LogP contribution < -0.4 is 10.1 Å². The molecular formula is C21H17ClN2O2. The maximum absolute atomic E-state index is 12.6. The topological polar surface area (TPSA) is 62.1 Å². The van der Waals surface area contributed by atoms with Gasteiger partial charge in [-0.05, 0) is 53.6 Å². The third kappa shape index (κ3) is 3.63. The molecule has 26 heavy (non-hydrogen) atoms. The van der Waals surface area contributed by atoms with Gasteiger partial charge in [-0.3, -0.25) is 4.79 Å². The number of nitriles is 1. The van der Waals surface area contributed by atoms with Crippen LogP contribution in [0, 0.1) is 11.3 Å². The summed E-state index contributed by atoms with van der Waals surface area (Å²) < 4.78 is 5.24. The minimum atomic E-state index is -0.354. The molecule has 1 amide bonds. The molecule has 1 N–H and O–H groups in total. The largest absolute Gasteiger partial charge is 0.497 e. The van der Waals surface area contributed by atoms with E-state index in [1.165, 1.54) is 6.07 Å². The lowest BCUT2D eigenvalue weighted by atomic mass is 9.97. The van der Waals surface area contributed by atoms with E-state index in [1.54, 1.807) is 19.2 Å². The molecule has 130 valence electrons. The molecule has 1 atom stereocenters. The number of rotatable bonds is 4. The zero-order valence-electron chi connectivity index (χ0n) is 14.4. The maximum atomic E-state index is 12.6. The summed E-state index contributed by atoms with van der Waals surface area (Å²) in [7, 11) is 1.64. The third-order valence-electron chi connectivity index (χ3n) is 4.32. The van der Waals surface area contributed by atoms with Crippen LogP contribution in [0.25, 0.3) is 10.8 Å². The smallest absolute Gasteiger partial charge is 0.231 e. The zero-order valence-corrected chi connectivity index (χ0v) is 15.2. The van der Waals surface area contributed by atoms with Crippen LogP contribution in [-0.4, -0.2) is 13.0 Å². The van der Waals surface area contributed by atoms with Crippen LogP contribution in [0.1, 0.15) is 24.0 Å². The monoisotopic (exact) mass is 364 g/mol. The molecule has 4 nitrogen and oxygen atoms in total. The van der Waals surface area contributed by atoms with Gasteiger partial charge < -0.3 is 10.1 Å². The van der Waals surface area contributed by atoms with Crippen LogP contribution in [0.2, 0.25) is 5.02 Å². The second-order valence-electron chi connectivity index (χ2n) is 5.99. The first-order valence-corrected chi connectivity index (χ1v) is 8.48. The second kappa shape index (κ2) is 7.47. The fourth-order valence-electron chi connectivity index (χ4n) is 2.72. The van der Waals surface area contributed by atoms with E-state index in [0.717, 1.165) is 22.1 Å². The van der Waals surface area contributed by atoms with Crippen molar-refractivity contribution in [1.82, 2.24) is 0 Å². The highest BCUT2D eigenvalue weighted by atomic mass is 35.5. The first kappa shape index (κ1) is 17.8. The maximum Gasteiger partial charge on any atom is 0.231 e. The molecule has 0 aromatic heterocycles. The van der Waals surface area contributed by atoms with Crippen molar-refractivity contribution >= 4 is 34.0 Å². The highest BCUT2D eigenvalue weighted by molar-refractivity contribution is 6.33. The molecule has 0 aliphatic rings. The predicted octanol–water partition coefficient (Wildman–Crippen LogP) is 5.12. The molecule has 3 rings (SSSR count). The molecule has 0 bridgehead atoms. The minimum Gasteiger partial charge on any atom is -0.497 e. The van der Waals surface area contributed by atoms with Crippen molar-refractivity contribution in [2.24, 2.45) is 0 Å². The summed E-state index contributed by atoms with van der Waals surface area (Å²) in [5.41, 5.74) is 1.85. The molecule has 0 fully saturated rings. The van der Waals surface area contributed by atoms with E-state index in [0.29, 0.717) is 16.3 Å². The van der Waals surface area contributed by atoms with E-state index in [1.807, 2.05) is 49.4 Å². The van der Waals surface area contributed by atoms with Crippen molar-refractivity contribution in [3.63, 3.8) is 0 Å².